The van der Waals surface area contributed by atoms with Crippen LogP contribution in [0, 0.1) is 0 Å². The predicted molar refractivity (Wildman–Crippen MR) is 69.5 cm³/mol. The summed E-state index contributed by atoms with van der Waals surface area (Å²) < 4.78 is 38.8. The van der Waals surface area contributed by atoms with E-state index in [0.717, 1.165) is 12.1 Å². The maximum atomic E-state index is 12.9. The number of hydrogen-bond donors (Lipinski definition) is 3. The van der Waals surface area contributed by atoms with Gasteiger partial charge >= 0.3 is 6.18 Å². The van der Waals surface area contributed by atoms with E-state index in [1.165, 1.54) is 0 Å². The van der Waals surface area contributed by atoms with Gasteiger partial charge in [0.25, 0.3) is 5.91 Å². The Bertz CT molecular complexity index is 643. The molecule has 1 aliphatic heterocycles. The summed E-state index contributed by atoms with van der Waals surface area (Å²) >= 11 is 0. The third-order valence-corrected chi connectivity index (χ3v) is 3.14. The monoisotopic (exact) mass is 315 g/mol. The van der Waals surface area contributed by atoms with E-state index in [-0.39, 0.29) is 18.5 Å². The Balaban J connectivity index is 2.23. The maximum Gasteiger partial charge on any atom is 0.417 e. The number of benzene rings is 1. The molecule has 0 saturated carbocycles. The summed E-state index contributed by atoms with van der Waals surface area (Å²) in [5.74, 6) is -2.28. The second-order valence-corrected chi connectivity index (χ2v) is 4.78. The fourth-order valence-corrected chi connectivity index (χ4v) is 2.06. The molecule has 118 valence electrons. The van der Waals surface area contributed by atoms with Gasteiger partial charge in [-0.1, -0.05) is 0 Å². The molecule has 1 fully saturated rings. The van der Waals surface area contributed by atoms with Crippen LogP contribution in [-0.4, -0.2) is 23.8 Å². The lowest BCUT2D eigenvalue weighted by molar-refractivity contribution is -0.138. The summed E-state index contributed by atoms with van der Waals surface area (Å²) in [6.07, 6.45) is -4.72. The number of halogens is 3. The highest BCUT2D eigenvalue weighted by atomic mass is 19.4. The Hall–Kier alpha value is -2.58. The first-order valence-corrected chi connectivity index (χ1v) is 6.30. The average Bonchev–Trinajstić information content (AvgIpc) is 2.40. The number of rotatable bonds is 2. The van der Waals surface area contributed by atoms with E-state index in [0.29, 0.717) is 6.07 Å². The molecule has 1 aromatic carbocycles. The molecule has 1 aliphatic rings. The van der Waals surface area contributed by atoms with Crippen LogP contribution in [-0.2, 0) is 15.8 Å². The third kappa shape index (κ3) is 3.35. The molecule has 4 N–H and O–H groups in total. The lowest BCUT2D eigenvalue weighted by Gasteiger charge is -2.22. The molecule has 0 spiro atoms. The van der Waals surface area contributed by atoms with E-state index in [1.54, 1.807) is 0 Å². The molecule has 1 atom stereocenters. The molecule has 1 aromatic rings. The number of nitrogens with one attached hydrogen (secondary N) is 2. The zero-order valence-electron chi connectivity index (χ0n) is 11.2. The van der Waals surface area contributed by atoms with Crippen LogP contribution in [0.25, 0.3) is 0 Å². The lowest BCUT2D eigenvalue weighted by atomic mass is 10.0. The number of carbonyl (C=O) groups excluding carboxylic acids is 3. The molecule has 22 heavy (non-hydrogen) atoms. The molecule has 1 unspecified atom stereocenters. The van der Waals surface area contributed by atoms with Crippen molar-refractivity contribution in [3.05, 3.63) is 29.3 Å². The molecular weight excluding hydrogens is 303 g/mol. The molecule has 2 rings (SSSR count). The standard InChI is InChI=1S/C13H12F3N3O3/c14-13(15,16)8-5-6(17)1-2-7(8)11(21)18-9-3-4-10(20)19-12(9)22/h1-2,5,9H,3-4,17H2,(H,18,21)(H,19,20,22). The Morgan fingerprint density at radius 3 is 2.59 bits per heavy atom. The van der Waals surface area contributed by atoms with Gasteiger partial charge in [0.2, 0.25) is 11.8 Å². The van der Waals surface area contributed by atoms with Crippen LogP contribution in [0.3, 0.4) is 0 Å². The van der Waals surface area contributed by atoms with Crippen molar-refractivity contribution in [3.8, 4) is 0 Å². The molecule has 1 heterocycles. The summed E-state index contributed by atoms with van der Waals surface area (Å²) in [7, 11) is 0. The van der Waals surface area contributed by atoms with E-state index in [4.69, 9.17) is 5.73 Å². The van der Waals surface area contributed by atoms with Crippen LogP contribution < -0.4 is 16.4 Å². The molecular formula is C13H12F3N3O3. The minimum Gasteiger partial charge on any atom is -0.399 e. The number of amides is 3. The zero-order valence-corrected chi connectivity index (χ0v) is 11.2. The Labute approximate surface area is 122 Å². The number of carbonyl (C=O) groups is 3. The van der Waals surface area contributed by atoms with E-state index in [2.05, 4.69) is 5.32 Å². The van der Waals surface area contributed by atoms with Crippen molar-refractivity contribution in [1.29, 1.82) is 0 Å². The van der Waals surface area contributed by atoms with Crippen molar-refractivity contribution >= 4 is 23.4 Å². The van der Waals surface area contributed by atoms with E-state index in [1.807, 2.05) is 5.32 Å². The van der Waals surface area contributed by atoms with Gasteiger partial charge in [0.1, 0.15) is 6.04 Å². The summed E-state index contributed by atoms with van der Waals surface area (Å²) in [5, 5.41) is 4.20. The second-order valence-electron chi connectivity index (χ2n) is 4.78. The third-order valence-electron chi connectivity index (χ3n) is 3.14. The Morgan fingerprint density at radius 1 is 1.32 bits per heavy atom. The number of hydrogen-bond acceptors (Lipinski definition) is 4. The van der Waals surface area contributed by atoms with Gasteiger partial charge in [-0.3, -0.25) is 19.7 Å². The Kier molecular flexibility index (Phi) is 4.07. The molecule has 0 aliphatic carbocycles. The van der Waals surface area contributed by atoms with Crippen molar-refractivity contribution in [2.75, 3.05) is 5.73 Å². The summed E-state index contributed by atoms with van der Waals surface area (Å²) in [4.78, 5) is 34.5. The van der Waals surface area contributed by atoms with Crippen LogP contribution in [0.1, 0.15) is 28.8 Å². The van der Waals surface area contributed by atoms with Crippen molar-refractivity contribution in [1.82, 2.24) is 10.6 Å². The molecule has 0 bridgehead atoms. The van der Waals surface area contributed by atoms with E-state index < -0.39 is 41.1 Å². The fourth-order valence-electron chi connectivity index (χ4n) is 2.06. The van der Waals surface area contributed by atoms with Gasteiger partial charge in [0.15, 0.2) is 0 Å². The van der Waals surface area contributed by atoms with Gasteiger partial charge in [0, 0.05) is 12.1 Å². The predicted octanol–water partition coefficient (Wildman–Crippen LogP) is 0.823. The SMILES string of the molecule is Nc1ccc(C(=O)NC2CCC(=O)NC2=O)c(C(F)(F)F)c1. The van der Waals surface area contributed by atoms with Gasteiger partial charge in [-0.25, -0.2) is 0 Å². The summed E-state index contributed by atoms with van der Waals surface area (Å²) in [6, 6.07) is 1.71. The number of nitrogen functional groups attached to an aromatic ring is 1. The molecule has 0 radical (unpaired) electrons. The average molecular weight is 315 g/mol. The minimum absolute atomic E-state index is 0.00452. The second kappa shape index (κ2) is 5.66. The van der Waals surface area contributed by atoms with Gasteiger partial charge in [-0.2, -0.15) is 13.2 Å². The van der Waals surface area contributed by atoms with Gasteiger partial charge in [0.05, 0.1) is 11.1 Å². The number of anilines is 1. The van der Waals surface area contributed by atoms with Gasteiger partial charge < -0.3 is 11.1 Å². The number of nitrogens with two attached hydrogens (primary N) is 1. The van der Waals surface area contributed by atoms with Crippen molar-refractivity contribution in [2.45, 2.75) is 25.1 Å². The van der Waals surface area contributed by atoms with Crippen molar-refractivity contribution in [2.24, 2.45) is 0 Å². The van der Waals surface area contributed by atoms with Crippen LogP contribution in [0.15, 0.2) is 18.2 Å². The highest BCUT2D eigenvalue weighted by Gasteiger charge is 2.36. The van der Waals surface area contributed by atoms with Crippen molar-refractivity contribution in [3.63, 3.8) is 0 Å². The van der Waals surface area contributed by atoms with E-state index >= 15 is 0 Å². The maximum absolute atomic E-state index is 12.9. The topological polar surface area (TPSA) is 101 Å². The first kappa shape index (κ1) is 15.8. The highest BCUT2D eigenvalue weighted by molar-refractivity contribution is 6.04. The van der Waals surface area contributed by atoms with Crippen molar-refractivity contribution < 1.29 is 27.6 Å². The van der Waals surface area contributed by atoms with Crippen LogP contribution in [0.4, 0.5) is 18.9 Å². The summed E-state index contributed by atoms with van der Waals surface area (Å²) in [5.41, 5.74) is 3.36. The molecule has 9 heteroatoms. The molecule has 1 saturated heterocycles. The molecule has 6 nitrogen and oxygen atoms in total. The number of imide groups is 1. The van der Waals surface area contributed by atoms with Crippen LogP contribution >= 0.6 is 0 Å². The lowest BCUT2D eigenvalue weighted by Crippen LogP contribution is -2.52. The normalized spacial score (nSPS) is 18.8. The van der Waals surface area contributed by atoms with Crippen LogP contribution in [0.5, 0.6) is 0 Å². The summed E-state index contributed by atoms with van der Waals surface area (Å²) in [6.45, 7) is 0. The Morgan fingerprint density at radius 2 is 2.00 bits per heavy atom. The first-order valence-electron chi connectivity index (χ1n) is 6.30. The fraction of sp³-hybridized carbons (Fsp3) is 0.308. The number of alkyl halides is 3. The number of piperidine rings is 1. The van der Waals surface area contributed by atoms with Gasteiger partial charge in [-0.15, -0.1) is 0 Å². The zero-order chi connectivity index (χ0) is 16.5. The molecule has 0 aromatic heterocycles. The van der Waals surface area contributed by atoms with E-state index in [9.17, 15) is 27.6 Å². The van der Waals surface area contributed by atoms with Crippen LogP contribution in [0.2, 0.25) is 0 Å². The molecule has 3 amide bonds. The first-order chi connectivity index (χ1) is 10.2. The smallest absolute Gasteiger partial charge is 0.399 e. The quantitative estimate of drug-likeness (QED) is 0.555. The largest absolute Gasteiger partial charge is 0.417 e. The highest BCUT2D eigenvalue weighted by Crippen LogP contribution is 2.33. The minimum atomic E-state index is -4.76. The van der Waals surface area contributed by atoms with Gasteiger partial charge in [-0.05, 0) is 24.6 Å².